The van der Waals surface area contributed by atoms with Gasteiger partial charge in [-0.25, -0.2) is 0 Å². The summed E-state index contributed by atoms with van der Waals surface area (Å²) in [4.78, 5) is 16.3. The second-order valence-electron chi connectivity index (χ2n) is 6.70. The SMILES string of the molecule is CSCCCC(=O)Nc1ccnc(B2OC(C)(C)C(C)(C)O2)c1. The summed E-state index contributed by atoms with van der Waals surface area (Å²) in [5.74, 6) is 1.01. The van der Waals surface area contributed by atoms with Crippen LogP contribution in [0.4, 0.5) is 5.69 Å². The fraction of sp³-hybridized carbons (Fsp3) is 0.625. The molecule has 2 rings (SSSR count). The number of nitrogens with one attached hydrogen (secondary N) is 1. The summed E-state index contributed by atoms with van der Waals surface area (Å²) in [6.45, 7) is 8.02. The Labute approximate surface area is 143 Å². The Hall–Kier alpha value is -1.05. The molecule has 23 heavy (non-hydrogen) atoms. The number of hydrogen-bond donors (Lipinski definition) is 1. The lowest BCUT2D eigenvalue weighted by atomic mass is 9.84. The number of carbonyl (C=O) groups excluding carboxylic acids is 1. The van der Waals surface area contributed by atoms with Crippen LogP contribution < -0.4 is 10.9 Å². The van der Waals surface area contributed by atoms with Crippen LogP contribution in [0.2, 0.25) is 0 Å². The van der Waals surface area contributed by atoms with Gasteiger partial charge in [-0.15, -0.1) is 0 Å². The molecule has 0 aromatic carbocycles. The number of nitrogens with zero attached hydrogens (tertiary/aromatic N) is 1. The lowest BCUT2D eigenvalue weighted by molar-refractivity contribution is -0.116. The summed E-state index contributed by atoms with van der Waals surface area (Å²) in [7, 11) is -0.520. The average Bonchev–Trinajstić information content (AvgIpc) is 2.68. The van der Waals surface area contributed by atoms with Crippen molar-refractivity contribution in [1.82, 2.24) is 4.98 Å². The molecule has 0 saturated carbocycles. The third-order valence-electron chi connectivity index (χ3n) is 4.31. The molecule has 1 aromatic rings. The molecule has 1 amide bonds. The third-order valence-corrected chi connectivity index (χ3v) is 5.01. The van der Waals surface area contributed by atoms with Gasteiger partial charge in [-0.1, -0.05) is 0 Å². The highest BCUT2D eigenvalue weighted by Gasteiger charge is 2.52. The first-order chi connectivity index (χ1) is 10.7. The first kappa shape index (κ1) is 18.3. The zero-order valence-corrected chi connectivity index (χ0v) is 15.3. The van der Waals surface area contributed by atoms with Crippen molar-refractivity contribution in [3.05, 3.63) is 18.3 Å². The van der Waals surface area contributed by atoms with Crippen molar-refractivity contribution in [2.75, 3.05) is 17.3 Å². The predicted octanol–water partition coefficient (Wildman–Crippen LogP) is 2.46. The largest absolute Gasteiger partial charge is 0.514 e. The van der Waals surface area contributed by atoms with Gasteiger partial charge in [0.05, 0.1) is 16.8 Å². The smallest absolute Gasteiger partial charge is 0.398 e. The molecule has 1 N–H and O–H groups in total. The molecule has 1 aromatic heterocycles. The minimum atomic E-state index is -0.520. The Bertz CT molecular complexity index is 550. The van der Waals surface area contributed by atoms with Crippen molar-refractivity contribution in [3.63, 3.8) is 0 Å². The summed E-state index contributed by atoms with van der Waals surface area (Å²) in [5, 5.41) is 2.91. The monoisotopic (exact) mass is 336 g/mol. The van der Waals surface area contributed by atoms with E-state index in [1.807, 2.05) is 40.0 Å². The number of thioether (sulfide) groups is 1. The van der Waals surface area contributed by atoms with Gasteiger partial charge in [-0.3, -0.25) is 9.78 Å². The summed E-state index contributed by atoms with van der Waals surface area (Å²) in [6, 6.07) is 3.59. The summed E-state index contributed by atoms with van der Waals surface area (Å²) >= 11 is 1.75. The number of rotatable bonds is 6. The van der Waals surface area contributed by atoms with Crippen LogP contribution in [0.5, 0.6) is 0 Å². The molecule has 2 heterocycles. The lowest BCUT2D eigenvalue weighted by Crippen LogP contribution is -2.41. The summed E-state index contributed by atoms with van der Waals surface area (Å²) in [5.41, 5.74) is 0.580. The van der Waals surface area contributed by atoms with Crippen LogP contribution in [0, 0.1) is 0 Å². The first-order valence-electron chi connectivity index (χ1n) is 7.85. The average molecular weight is 336 g/mol. The van der Waals surface area contributed by atoms with Crippen LogP contribution in [-0.2, 0) is 14.1 Å². The van der Waals surface area contributed by atoms with Crippen molar-refractivity contribution in [2.24, 2.45) is 0 Å². The van der Waals surface area contributed by atoms with Crippen molar-refractivity contribution in [1.29, 1.82) is 0 Å². The van der Waals surface area contributed by atoms with Gasteiger partial charge in [-0.05, 0) is 58.3 Å². The van der Waals surface area contributed by atoms with E-state index in [9.17, 15) is 4.79 Å². The standard InChI is InChI=1S/C16H25BN2O3S/c1-15(2)16(3,4)22-17(21-15)13-11-12(8-9-18-13)19-14(20)7-6-10-23-5/h8-9,11H,6-7,10H2,1-5H3,(H,18,19,20). The molecule has 0 atom stereocenters. The third kappa shape index (κ3) is 4.49. The molecule has 5 nitrogen and oxygen atoms in total. The fourth-order valence-electron chi connectivity index (χ4n) is 2.22. The Morgan fingerprint density at radius 3 is 2.57 bits per heavy atom. The Kier molecular flexibility index (Phi) is 5.76. The minimum absolute atomic E-state index is 0.0186. The molecule has 126 valence electrons. The number of carbonyl (C=O) groups is 1. The van der Waals surface area contributed by atoms with E-state index in [2.05, 4.69) is 10.3 Å². The molecule has 0 spiro atoms. The normalized spacial score (nSPS) is 18.9. The first-order valence-corrected chi connectivity index (χ1v) is 9.25. The molecule has 1 fully saturated rings. The summed E-state index contributed by atoms with van der Waals surface area (Å²) in [6.07, 6.45) is 5.10. The van der Waals surface area contributed by atoms with E-state index in [4.69, 9.17) is 9.31 Å². The van der Waals surface area contributed by atoms with E-state index in [1.165, 1.54) is 0 Å². The van der Waals surface area contributed by atoms with Gasteiger partial charge in [-0.2, -0.15) is 11.8 Å². The molecular weight excluding hydrogens is 311 g/mol. The zero-order chi connectivity index (χ0) is 17.1. The van der Waals surface area contributed by atoms with Gasteiger partial charge < -0.3 is 14.6 Å². The molecule has 0 aliphatic carbocycles. The number of hydrogen-bond acceptors (Lipinski definition) is 5. The fourth-order valence-corrected chi connectivity index (χ4v) is 2.65. The topological polar surface area (TPSA) is 60.5 Å². The molecule has 7 heteroatoms. The van der Waals surface area contributed by atoms with Crippen LogP contribution >= 0.6 is 11.8 Å². The second-order valence-corrected chi connectivity index (χ2v) is 7.69. The second kappa shape index (κ2) is 7.24. The van der Waals surface area contributed by atoms with Crippen molar-refractivity contribution in [3.8, 4) is 0 Å². The Balaban J connectivity index is 2.02. The number of amides is 1. The van der Waals surface area contributed by atoms with Crippen LogP contribution in [0.25, 0.3) is 0 Å². The lowest BCUT2D eigenvalue weighted by Gasteiger charge is -2.32. The molecule has 1 aliphatic heterocycles. The maximum Gasteiger partial charge on any atom is 0.514 e. The number of aromatic nitrogens is 1. The van der Waals surface area contributed by atoms with Crippen LogP contribution in [0.1, 0.15) is 40.5 Å². The van der Waals surface area contributed by atoms with Gasteiger partial charge >= 0.3 is 7.12 Å². The van der Waals surface area contributed by atoms with E-state index in [0.29, 0.717) is 12.0 Å². The van der Waals surface area contributed by atoms with E-state index < -0.39 is 18.3 Å². The Morgan fingerprint density at radius 1 is 1.30 bits per heavy atom. The molecule has 0 radical (unpaired) electrons. The highest BCUT2D eigenvalue weighted by atomic mass is 32.2. The van der Waals surface area contributed by atoms with Gasteiger partial charge in [0.15, 0.2) is 0 Å². The Morgan fingerprint density at radius 2 is 1.96 bits per heavy atom. The van der Waals surface area contributed by atoms with E-state index in [0.717, 1.165) is 17.9 Å². The maximum atomic E-state index is 11.9. The van der Waals surface area contributed by atoms with E-state index >= 15 is 0 Å². The van der Waals surface area contributed by atoms with Gasteiger partial charge in [0, 0.05) is 18.3 Å². The molecule has 1 aliphatic rings. The van der Waals surface area contributed by atoms with Crippen molar-refractivity contribution < 1.29 is 14.1 Å². The predicted molar refractivity (Wildman–Crippen MR) is 96.2 cm³/mol. The van der Waals surface area contributed by atoms with E-state index in [-0.39, 0.29) is 5.91 Å². The highest BCUT2D eigenvalue weighted by molar-refractivity contribution is 7.98. The quantitative estimate of drug-likeness (QED) is 0.639. The molecule has 1 saturated heterocycles. The minimum Gasteiger partial charge on any atom is -0.398 e. The van der Waals surface area contributed by atoms with Crippen molar-refractivity contribution in [2.45, 2.75) is 51.7 Å². The maximum absolute atomic E-state index is 11.9. The zero-order valence-electron chi connectivity index (χ0n) is 14.5. The summed E-state index contributed by atoms with van der Waals surface area (Å²) < 4.78 is 12.0. The van der Waals surface area contributed by atoms with Crippen LogP contribution in [0.15, 0.2) is 18.3 Å². The van der Waals surface area contributed by atoms with Crippen molar-refractivity contribution >= 4 is 36.1 Å². The van der Waals surface area contributed by atoms with Crippen LogP contribution in [0.3, 0.4) is 0 Å². The van der Waals surface area contributed by atoms with Gasteiger partial charge in [0.25, 0.3) is 0 Å². The van der Waals surface area contributed by atoms with E-state index in [1.54, 1.807) is 24.0 Å². The molecular formula is C16H25BN2O3S. The number of anilines is 1. The van der Waals surface area contributed by atoms with Gasteiger partial charge in [0.2, 0.25) is 5.91 Å². The highest BCUT2D eigenvalue weighted by Crippen LogP contribution is 2.36. The number of pyridine rings is 1. The molecule has 0 unspecified atom stereocenters. The molecule has 0 bridgehead atoms. The van der Waals surface area contributed by atoms with Gasteiger partial charge in [0.1, 0.15) is 0 Å². The van der Waals surface area contributed by atoms with Crippen LogP contribution in [-0.4, -0.2) is 41.2 Å².